The van der Waals surface area contributed by atoms with Gasteiger partial charge in [0.15, 0.2) is 5.65 Å². The highest BCUT2D eigenvalue weighted by Crippen LogP contribution is 2.28. The molecule has 0 aliphatic rings. The van der Waals surface area contributed by atoms with E-state index >= 15 is 0 Å². The Morgan fingerprint density at radius 3 is 2.85 bits per heavy atom. The van der Waals surface area contributed by atoms with Crippen molar-refractivity contribution in [2.24, 2.45) is 0 Å². The lowest BCUT2D eigenvalue weighted by atomic mass is 10.2. The molecule has 100 valence electrons. The van der Waals surface area contributed by atoms with Crippen molar-refractivity contribution in [3.63, 3.8) is 0 Å². The Morgan fingerprint density at radius 1 is 1.30 bits per heavy atom. The summed E-state index contributed by atoms with van der Waals surface area (Å²) in [5.41, 5.74) is 1.47. The number of aliphatic carboxylic acids is 1. The lowest BCUT2D eigenvalue weighted by molar-refractivity contribution is -0.136. The van der Waals surface area contributed by atoms with Crippen molar-refractivity contribution in [1.29, 1.82) is 0 Å². The van der Waals surface area contributed by atoms with Gasteiger partial charge in [-0.3, -0.25) is 9.20 Å². The van der Waals surface area contributed by atoms with Crippen LogP contribution in [0.2, 0.25) is 0 Å². The molecule has 1 aromatic carbocycles. The quantitative estimate of drug-likeness (QED) is 0.789. The minimum Gasteiger partial charge on any atom is -0.481 e. The van der Waals surface area contributed by atoms with E-state index in [1.807, 2.05) is 12.1 Å². The van der Waals surface area contributed by atoms with Crippen LogP contribution < -0.4 is 0 Å². The van der Waals surface area contributed by atoms with E-state index in [4.69, 9.17) is 5.11 Å². The third-order valence-corrected chi connectivity index (χ3v) is 3.67. The van der Waals surface area contributed by atoms with E-state index in [1.165, 1.54) is 11.8 Å². The minimum atomic E-state index is -0.833. The van der Waals surface area contributed by atoms with Gasteiger partial charge in [-0.15, -0.1) is 10.2 Å². The summed E-state index contributed by atoms with van der Waals surface area (Å²) in [5, 5.41) is 17.4. The maximum atomic E-state index is 10.6. The molecule has 0 unspecified atom stereocenters. The third-order valence-electron chi connectivity index (χ3n) is 2.68. The molecule has 0 atom stereocenters. The molecule has 2 aromatic heterocycles. The van der Waals surface area contributed by atoms with Gasteiger partial charge >= 0.3 is 5.97 Å². The highest BCUT2D eigenvalue weighted by atomic mass is 32.2. The number of nitrogens with zero attached hydrogens (tertiary/aromatic N) is 4. The van der Waals surface area contributed by atoms with E-state index in [0.29, 0.717) is 5.65 Å². The number of fused-ring (bicyclic) bond motifs is 1. The first-order valence-corrected chi connectivity index (χ1v) is 6.67. The number of carboxylic acids is 1. The lowest BCUT2D eigenvalue weighted by Crippen LogP contribution is -1.99. The van der Waals surface area contributed by atoms with Crippen LogP contribution in [0.25, 0.3) is 5.65 Å². The van der Waals surface area contributed by atoms with Crippen LogP contribution in [-0.4, -0.2) is 30.7 Å². The number of benzene rings is 1. The number of carboxylic acid groups (broad SMARTS) is 1. The first-order chi connectivity index (χ1) is 9.72. The maximum absolute atomic E-state index is 10.6. The van der Waals surface area contributed by atoms with E-state index in [0.717, 1.165) is 15.5 Å². The molecule has 1 N–H and O–H groups in total. The Balaban J connectivity index is 1.84. The van der Waals surface area contributed by atoms with Crippen molar-refractivity contribution in [2.45, 2.75) is 16.3 Å². The fourth-order valence-electron chi connectivity index (χ4n) is 1.77. The Kier molecular flexibility index (Phi) is 3.34. The topological polar surface area (TPSA) is 80.4 Å². The molecule has 0 saturated carbocycles. The third kappa shape index (κ3) is 2.62. The molecule has 0 amide bonds. The van der Waals surface area contributed by atoms with Crippen LogP contribution >= 0.6 is 11.8 Å². The summed E-state index contributed by atoms with van der Waals surface area (Å²) in [6.07, 6.45) is 5.13. The monoisotopic (exact) mass is 286 g/mol. The fourth-order valence-corrected chi connectivity index (χ4v) is 2.62. The van der Waals surface area contributed by atoms with Gasteiger partial charge in [0.1, 0.15) is 11.4 Å². The maximum Gasteiger partial charge on any atom is 0.307 e. The largest absolute Gasteiger partial charge is 0.481 e. The highest BCUT2D eigenvalue weighted by Gasteiger charge is 2.07. The first kappa shape index (κ1) is 12.6. The fraction of sp³-hybridized carbons (Fsp3) is 0.0769. The summed E-state index contributed by atoms with van der Waals surface area (Å²) in [7, 11) is 0. The van der Waals surface area contributed by atoms with Gasteiger partial charge in [-0.1, -0.05) is 23.9 Å². The molecule has 0 spiro atoms. The molecule has 2 heterocycles. The Bertz CT molecular complexity index is 754. The summed E-state index contributed by atoms with van der Waals surface area (Å²) in [4.78, 5) is 15.9. The van der Waals surface area contributed by atoms with Crippen molar-refractivity contribution in [2.75, 3.05) is 0 Å². The SMILES string of the molecule is O=C(O)Cc1ccc(Sc2nccn3cnnc23)cc1. The molecule has 0 aliphatic heterocycles. The highest BCUT2D eigenvalue weighted by molar-refractivity contribution is 7.99. The van der Waals surface area contributed by atoms with Gasteiger partial charge in [-0.25, -0.2) is 4.98 Å². The second kappa shape index (κ2) is 5.30. The minimum absolute atomic E-state index is 0.0307. The number of carbonyl (C=O) groups is 1. The van der Waals surface area contributed by atoms with Crippen LogP contribution in [0.5, 0.6) is 0 Å². The smallest absolute Gasteiger partial charge is 0.307 e. The molecule has 3 rings (SSSR count). The summed E-state index contributed by atoms with van der Waals surface area (Å²) < 4.78 is 1.80. The molecule has 0 radical (unpaired) electrons. The van der Waals surface area contributed by atoms with E-state index in [1.54, 1.807) is 35.3 Å². The average Bonchev–Trinajstić information content (AvgIpc) is 2.90. The Labute approximate surface area is 118 Å². The predicted molar refractivity (Wildman–Crippen MR) is 72.7 cm³/mol. The van der Waals surface area contributed by atoms with Gasteiger partial charge in [0, 0.05) is 17.3 Å². The molecular formula is C13H10N4O2S. The summed E-state index contributed by atoms with van der Waals surface area (Å²) in [5.74, 6) is -0.833. The van der Waals surface area contributed by atoms with Gasteiger partial charge < -0.3 is 5.11 Å². The second-order valence-corrected chi connectivity index (χ2v) is 5.17. The van der Waals surface area contributed by atoms with Crippen LogP contribution in [0.1, 0.15) is 5.56 Å². The summed E-state index contributed by atoms with van der Waals surface area (Å²) in [6.45, 7) is 0. The number of hydrogen-bond acceptors (Lipinski definition) is 5. The number of rotatable bonds is 4. The first-order valence-electron chi connectivity index (χ1n) is 5.85. The van der Waals surface area contributed by atoms with Crippen molar-refractivity contribution in [3.05, 3.63) is 48.5 Å². The molecule has 20 heavy (non-hydrogen) atoms. The zero-order chi connectivity index (χ0) is 13.9. The van der Waals surface area contributed by atoms with Gasteiger partial charge in [0.2, 0.25) is 0 Å². The van der Waals surface area contributed by atoms with E-state index < -0.39 is 5.97 Å². The molecule has 7 heteroatoms. The molecular weight excluding hydrogens is 276 g/mol. The normalized spacial score (nSPS) is 10.8. The van der Waals surface area contributed by atoms with Crippen LogP contribution in [0.3, 0.4) is 0 Å². The molecule has 3 aromatic rings. The van der Waals surface area contributed by atoms with Crippen molar-refractivity contribution < 1.29 is 9.90 Å². The average molecular weight is 286 g/mol. The molecule has 0 saturated heterocycles. The van der Waals surface area contributed by atoms with Crippen LogP contribution in [0.15, 0.2) is 52.9 Å². The molecule has 0 bridgehead atoms. The molecule has 0 fully saturated rings. The molecule has 6 nitrogen and oxygen atoms in total. The van der Waals surface area contributed by atoms with E-state index in [9.17, 15) is 4.79 Å². The number of aromatic nitrogens is 4. The summed E-state index contributed by atoms with van der Waals surface area (Å²) in [6, 6.07) is 7.37. The molecule has 0 aliphatic carbocycles. The Hall–Kier alpha value is -2.41. The van der Waals surface area contributed by atoms with Crippen molar-refractivity contribution >= 4 is 23.4 Å². The van der Waals surface area contributed by atoms with Gasteiger partial charge in [0.05, 0.1) is 6.42 Å². The van der Waals surface area contributed by atoms with Crippen LogP contribution in [-0.2, 0) is 11.2 Å². The summed E-state index contributed by atoms with van der Waals surface area (Å²) >= 11 is 1.47. The van der Waals surface area contributed by atoms with Crippen LogP contribution in [0, 0.1) is 0 Å². The van der Waals surface area contributed by atoms with Crippen LogP contribution in [0.4, 0.5) is 0 Å². The Morgan fingerprint density at radius 2 is 2.10 bits per heavy atom. The standard InChI is InChI=1S/C13H10N4O2S/c18-11(19)7-9-1-3-10(4-2-9)20-13-12-16-15-8-17(12)6-5-14-13/h1-6,8H,7H2,(H,18,19). The van der Waals surface area contributed by atoms with Gasteiger partial charge in [-0.05, 0) is 17.7 Å². The van der Waals surface area contributed by atoms with Gasteiger partial charge in [0.25, 0.3) is 0 Å². The zero-order valence-electron chi connectivity index (χ0n) is 10.3. The van der Waals surface area contributed by atoms with E-state index in [2.05, 4.69) is 15.2 Å². The van der Waals surface area contributed by atoms with Crippen molar-refractivity contribution in [1.82, 2.24) is 19.6 Å². The van der Waals surface area contributed by atoms with Crippen molar-refractivity contribution in [3.8, 4) is 0 Å². The second-order valence-electron chi connectivity index (χ2n) is 4.11. The lowest BCUT2D eigenvalue weighted by Gasteiger charge is -2.03. The predicted octanol–water partition coefficient (Wildman–Crippen LogP) is 1.90. The number of hydrogen-bond donors (Lipinski definition) is 1. The van der Waals surface area contributed by atoms with E-state index in [-0.39, 0.29) is 6.42 Å². The zero-order valence-corrected chi connectivity index (χ0v) is 11.1. The van der Waals surface area contributed by atoms with Gasteiger partial charge in [-0.2, -0.15) is 0 Å².